The van der Waals surface area contributed by atoms with Gasteiger partial charge in [0.25, 0.3) is 0 Å². The summed E-state index contributed by atoms with van der Waals surface area (Å²) in [6.07, 6.45) is 3.53. The van der Waals surface area contributed by atoms with E-state index in [0.717, 1.165) is 37.9 Å². The molecule has 1 amide bonds. The Morgan fingerprint density at radius 1 is 1.07 bits per heavy atom. The molecule has 2 aliphatic rings. The van der Waals surface area contributed by atoms with E-state index in [-0.39, 0.29) is 29.1 Å². The van der Waals surface area contributed by atoms with Crippen LogP contribution in [-0.2, 0) is 16.0 Å². The Bertz CT molecular complexity index is 670. The number of hydrogen-bond acceptors (Lipinski definition) is 3. The lowest BCUT2D eigenvalue weighted by molar-refractivity contribution is -0.145. The number of nitrogens with zero attached hydrogens (tertiary/aromatic N) is 2. The van der Waals surface area contributed by atoms with Gasteiger partial charge in [0.1, 0.15) is 0 Å². The largest absolute Gasteiger partial charge is 0.332 e. The third-order valence-electron chi connectivity index (χ3n) is 6.43. The number of rotatable bonds is 6. The Balaban J connectivity index is 1.83. The zero-order chi connectivity index (χ0) is 19.6. The second-order valence-electron chi connectivity index (χ2n) is 8.96. The van der Waals surface area contributed by atoms with E-state index in [0.29, 0.717) is 19.0 Å². The zero-order valence-electron chi connectivity index (χ0n) is 17.3. The molecule has 148 valence electrons. The maximum Gasteiger partial charge on any atom is 0.230 e. The lowest BCUT2D eigenvalue weighted by Gasteiger charge is -2.41. The molecule has 0 aliphatic carbocycles. The van der Waals surface area contributed by atoms with E-state index in [4.69, 9.17) is 0 Å². The van der Waals surface area contributed by atoms with Crippen molar-refractivity contribution < 1.29 is 9.59 Å². The van der Waals surface area contributed by atoms with Crippen LogP contribution < -0.4 is 0 Å². The van der Waals surface area contributed by atoms with Crippen LogP contribution in [0.3, 0.4) is 0 Å². The summed E-state index contributed by atoms with van der Waals surface area (Å²) in [6.45, 7) is 10.9. The van der Waals surface area contributed by atoms with Gasteiger partial charge in [0.05, 0.1) is 11.5 Å². The minimum atomic E-state index is -0.339. The zero-order valence-corrected chi connectivity index (χ0v) is 17.3. The summed E-state index contributed by atoms with van der Waals surface area (Å²) in [4.78, 5) is 30.9. The van der Waals surface area contributed by atoms with E-state index >= 15 is 0 Å². The molecule has 1 aromatic carbocycles. The van der Waals surface area contributed by atoms with E-state index in [1.54, 1.807) is 0 Å². The molecule has 1 unspecified atom stereocenters. The summed E-state index contributed by atoms with van der Waals surface area (Å²) in [5, 5.41) is 0. The van der Waals surface area contributed by atoms with Gasteiger partial charge in [-0.2, -0.15) is 0 Å². The lowest BCUT2D eigenvalue weighted by atomic mass is 9.78. The number of hydrogen-bond donors (Lipinski definition) is 0. The number of piperidine rings is 1. The fourth-order valence-corrected chi connectivity index (χ4v) is 4.72. The van der Waals surface area contributed by atoms with Crippen LogP contribution in [0.25, 0.3) is 0 Å². The van der Waals surface area contributed by atoms with Crippen LogP contribution in [0.1, 0.15) is 52.5 Å². The number of benzene rings is 1. The Morgan fingerprint density at radius 3 is 2.41 bits per heavy atom. The molecule has 2 fully saturated rings. The second kappa shape index (κ2) is 8.14. The number of carbonyl (C=O) groups excluding carboxylic acids is 2. The third kappa shape index (κ3) is 4.11. The van der Waals surface area contributed by atoms with E-state index in [2.05, 4.69) is 30.9 Å². The molecule has 27 heavy (non-hydrogen) atoms. The average Bonchev–Trinajstić information content (AvgIpc) is 2.96. The molecule has 2 aliphatic heterocycles. The fraction of sp³-hybridized carbons (Fsp3) is 0.652. The van der Waals surface area contributed by atoms with Crippen molar-refractivity contribution in [1.82, 2.24) is 9.80 Å². The monoisotopic (exact) mass is 370 g/mol. The van der Waals surface area contributed by atoms with Crippen LogP contribution in [0.5, 0.6) is 0 Å². The van der Waals surface area contributed by atoms with Crippen molar-refractivity contribution in [2.75, 3.05) is 19.6 Å². The summed E-state index contributed by atoms with van der Waals surface area (Å²) in [6, 6.07) is 10.2. The molecular weight excluding hydrogens is 336 g/mol. The highest BCUT2D eigenvalue weighted by atomic mass is 16.2. The first-order valence-electron chi connectivity index (χ1n) is 10.5. The van der Waals surface area contributed by atoms with Gasteiger partial charge in [-0.15, -0.1) is 0 Å². The van der Waals surface area contributed by atoms with E-state index < -0.39 is 0 Å². The van der Waals surface area contributed by atoms with Gasteiger partial charge >= 0.3 is 0 Å². The Hall–Kier alpha value is -1.68. The highest BCUT2D eigenvalue weighted by molar-refractivity contribution is 5.93. The second-order valence-corrected chi connectivity index (χ2v) is 8.96. The van der Waals surface area contributed by atoms with Crippen LogP contribution in [0.2, 0.25) is 0 Å². The molecule has 1 spiro atoms. The number of likely N-dealkylation sites (tertiary alicyclic amines) is 2. The maximum absolute atomic E-state index is 13.6. The van der Waals surface area contributed by atoms with Crippen LogP contribution in [-0.4, -0.2) is 53.2 Å². The molecule has 4 nitrogen and oxygen atoms in total. The number of carbonyl (C=O) groups is 2. The molecule has 2 heterocycles. The van der Waals surface area contributed by atoms with Crippen molar-refractivity contribution in [1.29, 1.82) is 0 Å². The topological polar surface area (TPSA) is 40.6 Å². The number of amides is 1. The number of ketones is 1. The Morgan fingerprint density at radius 2 is 1.78 bits per heavy atom. The predicted octanol–water partition coefficient (Wildman–Crippen LogP) is 3.55. The summed E-state index contributed by atoms with van der Waals surface area (Å²) in [7, 11) is 0. The van der Waals surface area contributed by atoms with Gasteiger partial charge < -0.3 is 4.90 Å². The number of Topliss-reactive ketones (excluding diaryl/α,β-unsaturated/α-hetero) is 1. The van der Waals surface area contributed by atoms with Crippen molar-refractivity contribution in [3.63, 3.8) is 0 Å². The first kappa shape index (κ1) is 20.1. The minimum absolute atomic E-state index is 0.0680. The molecule has 1 aromatic rings. The summed E-state index contributed by atoms with van der Waals surface area (Å²) >= 11 is 0. The third-order valence-corrected chi connectivity index (χ3v) is 6.43. The van der Waals surface area contributed by atoms with Gasteiger partial charge in [0, 0.05) is 25.0 Å². The van der Waals surface area contributed by atoms with E-state index in [1.165, 1.54) is 0 Å². The van der Waals surface area contributed by atoms with Crippen molar-refractivity contribution in [3.05, 3.63) is 35.9 Å². The Labute approximate surface area is 163 Å². The summed E-state index contributed by atoms with van der Waals surface area (Å²) in [5.41, 5.74) is 0.840. The van der Waals surface area contributed by atoms with Crippen molar-refractivity contribution >= 4 is 11.7 Å². The van der Waals surface area contributed by atoms with Crippen molar-refractivity contribution in [3.8, 4) is 0 Å². The quantitative estimate of drug-likeness (QED) is 0.769. The SMILES string of the molecule is CC(C)C(=O)[C@H](Cc1ccccc1)N1CCC2(CCCN(C(C)C)C2)C1=O. The van der Waals surface area contributed by atoms with Gasteiger partial charge in [-0.25, -0.2) is 0 Å². The van der Waals surface area contributed by atoms with Crippen LogP contribution >= 0.6 is 0 Å². The fourth-order valence-electron chi connectivity index (χ4n) is 4.72. The minimum Gasteiger partial charge on any atom is -0.332 e. The van der Waals surface area contributed by atoms with E-state index in [1.807, 2.05) is 36.9 Å². The molecule has 0 aromatic heterocycles. The Kier molecular flexibility index (Phi) is 6.05. The molecule has 0 bridgehead atoms. The standard InChI is InChI=1S/C23H34N2O2/c1-17(2)21(26)20(15-19-9-6-5-7-10-19)25-14-12-23(22(25)27)11-8-13-24(16-23)18(3)4/h5-7,9-10,17-18,20H,8,11-16H2,1-4H3/t20-,23?/m0/s1. The van der Waals surface area contributed by atoms with E-state index in [9.17, 15) is 9.59 Å². The highest BCUT2D eigenvalue weighted by Crippen LogP contribution is 2.42. The molecule has 2 saturated heterocycles. The normalized spacial score (nSPS) is 25.0. The smallest absolute Gasteiger partial charge is 0.230 e. The molecule has 0 saturated carbocycles. The first-order valence-corrected chi connectivity index (χ1v) is 10.5. The summed E-state index contributed by atoms with van der Waals surface area (Å²) in [5.74, 6) is 0.324. The van der Waals surface area contributed by atoms with Gasteiger partial charge in [-0.3, -0.25) is 14.5 Å². The maximum atomic E-state index is 13.6. The van der Waals surface area contributed by atoms with Crippen LogP contribution in [0, 0.1) is 11.3 Å². The van der Waals surface area contributed by atoms with Crippen LogP contribution in [0.15, 0.2) is 30.3 Å². The average molecular weight is 371 g/mol. The van der Waals surface area contributed by atoms with Gasteiger partial charge in [-0.05, 0) is 51.6 Å². The van der Waals surface area contributed by atoms with Crippen molar-refractivity contribution in [2.45, 2.75) is 65.5 Å². The van der Waals surface area contributed by atoms with Gasteiger partial charge in [0.15, 0.2) is 5.78 Å². The van der Waals surface area contributed by atoms with Crippen molar-refractivity contribution in [2.24, 2.45) is 11.3 Å². The highest BCUT2D eigenvalue weighted by Gasteiger charge is 2.51. The van der Waals surface area contributed by atoms with Gasteiger partial charge in [-0.1, -0.05) is 44.2 Å². The van der Waals surface area contributed by atoms with Crippen LogP contribution in [0.4, 0.5) is 0 Å². The van der Waals surface area contributed by atoms with Gasteiger partial charge in [0.2, 0.25) is 5.91 Å². The molecule has 2 atom stereocenters. The summed E-state index contributed by atoms with van der Waals surface area (Å²) < 4.78 is 0. The molecule has 0 radical (unpaired) electrons. The molecule has 0 N–H and O–H groups in total. The first-order chi connectivity index (χ1) is 12.8. The predicted molar refractivity (Wildman–Crippen MR) is 108 cm³/mol. The molecule has 4 heteroatoms. The molecule has 3 rings (SSSR count). The lowest BCUT2D eigenvalue weighted by Crippen LogP contribution is -2.52. The molecular formula is C23H34N2O2.